The van der Waals surface area contributed by atoms with Gasteiger partial charge in [0.1, 0.15) is 11.5 Å². The zero-order chi connectivity index (χ0) is 17.2. The van der Waals surface area contributed by atoms with Crippen molar-refractivity contribution in [1.82, 2.24) is 5.32 Å². The Bertz CT molecular complexity index is 647. The van der Waals surface area contributed by atoms with E-state index in [1.165, 1.54) is 0 Å². The Hall–Kier alpha value is -2.40. The lowest BCUT2D eigenvalue weighted by molar-refractivity contribution is -0.121. The van der Waals surface area contributed by atoms with E-state index < -0.39 is 0 Å². The number of carbonyl (C=O) groups excluding carboxylic acids is 1. The maximum Gasteiger partial charge on any atom is 0.220 e. The molecule has 136 valence electrons. The van der Waals surface area contributed by atoms with E-state index in [1.807, 2.05) is 48.5 Å². The zero-order valence-corrected chi connectivity index (χ0v) is 15.2. The summed E-state index contributed by atoms with van der Waals surface area (Å²) in [7, 11) is 1.63. The van der Waals surface area contributed by atoms with Gasteiger partial charge in [-0.1, -0.05) is 18.2 Å². The number of hydrogen-bond donors (Lipinski definition) is 2. The number of anilines is 1. The number of para-hydroxylation sites is 1. The second kappa shape index (κ2) is 11.2. The number of benzene rings is 2. The molecule has 0 bridgehead atoms. The van der Waals surface area contributed by atoms with Gasteiger partial charge < -0.3 is 20.5 Å². The van der Waals surface area contributed by atoms with Crippen LogP contribution in [0.4, 0.5) is 5.69 Å². The minimum atomic E-state index is 0. The van der Waals surface area contributed by atoms with Crippen LogP contribution in [0.1, 0.15) is 18.4 Å². The van der Waals surface area contributed by atoms with Gasteiger partial charge in [0, 0.05) is 18.7 Å². The van der Waals surface area contributed by atoms with Crippen molar-refractivity contribution in [3.8, 4) is 11.5 Å². The highest BCUT2D eigenvalue weighted by atomic mass is 35.5. The van der Waals surface area contributed by atoms with Gasteiger partial charge in [0.15, 0.2) is 0 Å². The van der Waals surface area contributed by atoms with Crippen molar-refractivity contribution in [2.24, 2.45) is 0 Å². The summed E-state index contributed by atoms with van der Waals surface area (Å²) in [6, 6.07) is 15.1. The Labute approximate surface area is 154 Å². The van der Waals surface area contributed by atoms with Gasteiger partial charge in [0.25, 0.3) is 0 Å². The molecule has 0 radical (unpaired) electrons. The number of nitrogen functional groups attached to an aromatic ring is 1. The number of carbonyl (C=O) groups is 1. The van der Waals surface area contributed by atoms with E-state index in [0.717, 1.165) is 29.2 Å². The number of methoxy groups -OCH3 is 1. The third-order valence-corrected chi connectivity index (χ3v) is 3.65. The summed E-state index contributed by atoms with van der Waals surface area (Å²) < 4.78 is 10.7. The van der Waals surface area contributed by atoms with Gasteiger partial charge in [-0.25, -0.2) is 0 Å². The van der Waals surface area contributed by atoms with Gasteiger partial charge in [0.05, 0.1) is 13.7 Å². The highest BCUT2D eigenvalue weighted by molar-refractivity contribution is 5.85. The average molecular weight is 365 g/mol. The summed E-state index contributed by atoms with van der Waals surface area (Å²) in [5.74, 6) is 1.62. The fourth-order valence-corrected chi connectivity index (χ4v) is 2.26. The Morgan fingerprint density at radius 2 is 1.76 bits per heavy atom. The molecule has 0 saturated carbocycles. The van der Waals surface area contributed by atoms with Gasteiger partial charge in [-0.15, -0.1) is 12.4 Å². The Morgan fingerprint density at radius 1 is 1.08 bits per heavy atom. The number of amides is 1. The van der Waals surface area contributed by atoms with Crippen molar-refractivity contribution in [3.63, 3.8) is 0 Å². The van der Waals surface area contributed by atoms with E-state index in [-0.39, 0.29) is 18.3 Å². The Balaban J connectivity index is 0.00000312. The third kappa shape index (κ3) is 7.35. The Kier molecular flexibility index (Phi) is 9.25. The summed E-state index contributed by atoms with van der Waals surface area (Å²) >= 11 is 0. The third-order valence-electron chi connectivity index (χ3n) is 3.65. The molecule has 0 saturated heterocycles. The molecule has 6 heteroatoms. The van der Waals surface area contributed by atoms with Crippen molar-refractivity contribution in [1.29, 1.82) is 0 Å². The van der Waals surface area contributed by atoms with Crippen LogP contribution in [0.25, 0.3) is 0 Å². The van der Waals surface area contributed by atoms with Crippen LogP contribution in [0.3, 0.4) is 0 Å². The number of aryl methyl sites for hydroxylation is 1. The number of halogens is 1. The van der Waals surface area contributed by atoms with Crippen molar-refractivity contribution >= 4 is 24.0 Å². The summed E-state index contributed by atoms with van der Waals surface area (Å²) in [6.07, 6.45) is 1.85. The van der Waals surface area contributed by atoms with E-state index >= 15 is 0 Å². The first-order valence-electron chi connectivity index (χ1n) is 8.06. The van der Waals surface area contributed by atoms with E-state index in [1.54, 1.807) is 7.11 Å². The lowest BCUT2D eigenvalue weighted by Crippen LogP contribution is -2.25. The van der Waals surface area contributed by atoms with E-state index in [0.29, 0.717) is 26.0 Å². The number of nitrogens with one attached hydrogen (secondary N) is 1. The molecule has 25 heavy (non-hydrogen) atoms. The predicted molar refractivity (Wildman–Crippen MR) is 103 cm³/mol. The lowest BCUT2D eigenvalue weighted by Gasteiger charge is -2.09. The van der Waals surface area contributed by atoms with Gasteiger partial charge >= 0.3 is 0 Å². The molecule has 0 aliphatic heterocycles. The SMILES string of the molecule is COc1ccc(OCCCNC(=O)CCc2ccccc2N)cc1.Cl. The first kappa shape index (κ1) is 20.6. The molecule has 2 aromatic carbocycles. The fourth-order valence-electron chi connectivity index (χ4n) is 2.26. The summed E-state index contributed by atoms with van der Waals surface area (Å²) in [6.45, 7) is 1.15. The Morgan fingerprint density at radius 3 is 2.44 bits per heavy atom. The van der Waals surface area contributed by atoms with E-state index in [4.69, 9.17) is 15.2 Å². The largest absolute Gasteiger partial charge is 0.497 e. The first-order chi connectivity index (χ1) is 11.7. The van der Waals surface area contributed by atoms with Crippen LogP contribution in [0.15, 0.2) is 48.5 Å². The topological polar surface area (TPSA) is 73.6 Å². The molecular weight excluding hydrogens is 340 g/mol. The maximum atomic E-state index is 11.8. The highest BCUT2D eigenvalue weighted by Crippen LogP contribution is 2.17. The van der Waals surface area contributed by atoms with Gasteiger partial charge in [0.2, 0.25) is 5.91 Å². The number of hydrogen-bond acceptors (Lipinski definition) is 4. The smallest absolute Gasteiger partial charge is 0.220 e. The summed E-state index contributed by atoms with van der Waals surface area (Å²) in [4.78, 5) is 11.8. The predicted octanol–water partition coefficient (Wildman–Crippen LogP) is 3.22. The summed E-state index contributed by atoms with van der Waals surface area (Å²) in [5, 5.41) is 2.90. The monoisotopic (exact) mass is 364 g/mol. The second-order valence-corrected chi connectivity index (χ2v) is 5.43. The number of nitrogens with two attached hydrogens (primary N) is 1. The van der Waals surface area contributed by atoms with Crippen molar-refractivity contribution in [2.75, 3.05) is 26.0 Å². The molecule has 0 aliphatic carbocycles. The van der Waals surface area contributed by atoms with E-state index in [9.17, 15) is 4.79 Å². The average Bonchev–Trinajstić information content (AvgIpc) is 2.61. The van der Waals surface area contributed by atoms with Crippen LogP contribution in [0.2, 0.25) is 0 Å². The molecule has 0 fully saturated rings. The molecule has 0 heterocycles. The molecule has 2 rings (SSSR count). The molecule has 0 atom stereocenters. The fraction of sp³-hybridized carbons (Fsp3) is 0.316. The highest BCUT2D eigenvalue weighted by Gasteiger charge is 2.04. The molecule has 5 nitrogen and oxygen atoms in total. The van der Waals surface area contributed by atoms with Crippen LogP contribution in [-0.2, 0) is 11.2 Å². The maximum absolute atomic E-state index is 11.8. The van der Waals surface area contributed by atoms with Gasteiger partial charge in [-0.2, -0.15) is 0 Å². The van der Waals surface area contributed by atoms with Crippen LogP contribution in [-0.4, -0.2) is 26.2 Å². The van der Waals surface area contributed by atoms with Crippen molar-refractivity contribution in [3.05, 3.63) is 54.1 Å². The van der Waals surface area contributed by atoms with Crippen LogP contribution in [0, 0.1) is 0 Å². The van der Waals surface area contributed by atoms with Crippen molar-refractivity contribution < 1.29 is 14.3 Å². The standard InChI is InChI=1S/C19H24N2O3.ClH/c1-23-16-8-10-17(11-9-16)24-14-4-13-21-19(22)12-7-15-5-2-3-6-18(15)20;/h2-3,5-6,8-11H,4,7,12-14,20H2,1H3,(H,21,22);1H. The molecular formula is C19H25ClN2O3. The van der Waals surface area contributed by atoms with E-state index in [2.05, 4.69) is 5.32 Å². The molecule has 0 aliphatic rings. The number of ether oxygens (including phenoxy) is 2. The van der Waals surface area contributed by atoms with Gasteiger partial charge in [-0.3, -0.25) is 4.79 Å². The molecule has 0 spiro atoms. The molecule has 0 unspecified atom stereocenters. The number of rotatable bonds is 9. The quantitative estimate of drug-likeness (QED) is 0.529. The van der Waals surface area contributed by atoms with Crippen LogP contribution >= 0.6 is 12.4 Å². The molecule has 0 aromatic heterocycles. The molecule has 3 N–H and O–H groups in total. The zero-order valence-electron chi connectivity index (χ0n) is 14.4. The minimum absolute atomic E-state index is 0. The van der Waals surface area contributed by atoms with Crippen molar-refractivity contribution in [2.45, 2.75) is 19.3 Å². The second-order valence-electron chi connectivity index (χ2n) is 5.43. The first-order valence-corrected chi connectivity index (χ1v) is 8.06. The van der Waals surface area contributed by atoms with Crippen LogP contribution < -0.4 is 20.5 Å². The minimum Gasteiger partial charge on any atom is -0.497 e. The molecule has 1 amide bonds. The van der Waals surface area contributed by atoms with Gasteiger partial charge in [-0.05, 0) is 48.7 Å². The van der Waals surface area contributed by atoms with Crippen LogP contribution in [0.5, 0.6) is 11.5 Å². The lowest BCUT2D eigenvalue weighted by atomic mass is 10.1. The summed E-state index contributed by atoms with van der Waals surface area (Å²) in [5.41, 5.74) is 7.61. The normalized spacial score (nSPS) is 9.80. The molecule has 2 aromatic rings.